The van der Waals surface area contributed by atoms with Crippen LogP contribution in [0, 0.1) is 0 Å². The van der Waals surface area contributed by atoms with Gasteiger partial charge in [0.1, 0.15) is 19.3 Å². The van der Waals surface area contributed by atoms with Gasteiger partial charge in [0.2, 0.25) is 0 Å². The molecule has 0 spiro atoms. The van der Waals surface area contributed by atoms with Gasteiger partial charge < -0.3 is 33.8 Å². The predicted molar refractivity (Wildman–Crippen MR) is 390 cm³/mol. The Morgan fingerprint density at radius 1 is 0.302 bits per heavy atom. The maximum Gasteiger partial charge on any atom is 0.472 e. The summed E-state index contributed by atoms with van der Waals surface area (Å²) >= 11 is 0. The monoisotopic (exact) mass is 1390 g/mol. The van der Waals surface area contributed by atoms with Crippen molar-refractivity contribution in [3.63, 3.8) is 0 Å². The van der Waals surface area contributed by atoms with Crippen LogP contribution in [0.1, 0.15) is 297 Å². The molecule has 3 N–H and O–H groups in total. The minimum absolute atomic E-state index is 0.0746. The average molecular weight is 1390 g/mol. The Bertz CT molecular complexity index is 2250. The van der Waals surface area contributed by atoms with Crippen molar-refractivity contribution in [1.82, 2.24) is 0 Å². The quantitative estimate of drug-likeness (QED) is 0.0169. The van der Waals surface area contributed by atoms with Crippen LogP contribution >= 0.6 is 15.6 Å². The number of unbranched alkanes of at least 4 members (excludes halogenated alkanes) is 25. The summed E-state index contributed by atoms with van der Waals surface area (Å²) in [5.74, 6) is -2.27. The number of ether oxygens (including phenoxy) is 4. The molecule has 0 saturated carbocycles. The molecule has 0 saturated heterocycles. The molecule has 0 aromatic heterocycles. The molecule has 19 heteroatoms. The van der Waals surface area contributed by atoms with E-state index in [1.165, 1.54) is 77.0 Å². The number of aliphatic hydroxyl groups is 1. The number of phosphoric ester groups is 2. The Balaban J connectivity index is 5.40. The fourth-order valence-electron chi connectivity index (χ4n) is 9.61. The van der Waals surface area contributed by atoms with E-state index >= 15 is 0 Å². The smallest absolute Gasteiger partial charge is 0.462 e. The summed E-state index contributed by atoms with van der Waals surface area (Å²) in [4.78, 5) is 72.7. The van der Waals surface area contributed by atoms with E-state index in [4.69, 9.17) is 37.0 Å². The number of esters is 4. The summed E-state index contributed by atoms with van der Waals surface area (Å²) in [6.07, 6.45) is 72.4. The average Bonchev–Trinajstić information content (AvgIpc) is 1.09. The lowest BCUT2D eigenvalue weighted by Crippen LogP contribution is -2.30. The van der Waals surface area contributed by atoms with Crippen molar-refractivity contribution < 1.29 is 80.2 Å². The first-order chi connectivity index (χ1) is 46.7. The minimum Gasteiger partial charge on any atom is -0.462 e. The SMILES string of the molecule is CC/C=C\C/C=C\C/C=C\C/C=C\CCCCC(=O)OCC(COP(=O)(O)OCC(O)COP(=O)(O)OCC(COC(=O)CCCC/C=C\C/C=C\C/C=C\C/C=C\CC)OC(=O)CCCCCCCCCCCCC)OC(=O)CCCCCCC/C=C\CCCCCCCC. The zero-order valence-corrected chi connectivity index (χ0v) is 61.8. The Kier molecular flexibility index (Phi) is 66.1. The van der Waals surface area contributed by atoms with Crippen molar-refractivity contribution >= 4 is 39.5 Å². The number of aliphatic hydroxyl groups excluding tert-OH is 1. The first-order valence-corrected chi connectivity index (χ1v) is 40.1. The summed E-state index contributed by atoms with van der Waals surface area (Å²) in [5, 5.41) is 10.6. The van der Waals surface area contributed by atoms with Gasteiger partial charge in [0.05, 0.1) is 26.4 Å². The molecule has 0 bridgehead atoms. The largest absolute Gasteiger partial charge is 0.472 e. The van der Waals surface area contributed by atoms with Gasteiger partial charge in [0.25, 0.3) is 0 Å². The van der Waals surface area contributed by atoms with Gasteiger partial charge in [0, 0.05) is 25.7 Å². The molecule has 0 aromatic carbocycles. The summed E-state index contributed by atoms with van der Waals surface area (Å²) in [6, 6.07) is 0. The van der Waals surface area contributed by atoms with E-state index in [2.05, 4.69) is 137 Å². The number of hydrogen-bond donors (Lipinski definition) is 3. The van der Waals surface area contributed by atoms with Crippen LogP contribution < -0.4 is 0 Å². The fraction of sp³-hybridized carbons (Fsp3) is 0.714. The van der Waals surface area contributed by atoms with Crippen LogP contribution in [-0.2, 0) is 65.4 Å². The topological polar surface area (TPSA) is 237 Å². The highest BCUT2D eigenvalue weighted by molar-refractivity contribution is 7.47. The van der Waals surface area contributed by atoms with Crippen molar-refractivity contribution in [3.05, 3.63) is 109 Å². The van der Waals surface area contributed by atoms with Crippen molar-refractivity contribution in [2.45, 2.75) is 316 Å². The van der Waals surface area contributed by atoms with Gasteiger partial charge in [-0.1, -0.05) is 253 Å². The molecule has 0 aliphatic heterocycles. The molecule has 5 atom stereocenters. The summed E-state index contributed by atoms with van der Waals surface area (Å²) in [7, 11) is -9.96. The van der Waals surface area contributed by atoms with Gasteiger partial charge in [-0.05, 0) is 128 Å². The van der Waals surface area contributed by atoms with Gasteiger partial charge >= 0.3 is 39.5 Å². The third-order valence-corrected chi connectivity index (χ3v) is 17.1. The Hall–Kier alpha value is -4.28. The number of allylic oxidation sites excluding steroid dienone is 18. The number of rotatable bonds is 69. The van der Waals surface area contributed by atoms with Crippen LogP contribution in [0.15, 0.2) is 109 Å². The number of carbonyl (C=O) groups excluding carboxylic acids is 4. The van der Waals surface area contributed by atoms with E-state index in [1.807, 2.05) is 0 Å². The van der Waals surface area contributed by atoms with E-state index in [0.717, 1.165) is 141 Å². The highest BCUT2D eigenvalue weighted by atomic mass is 31.2. The van der Waals surface area contributed by atoms with Gasteiger partial charge in [-0.3, -0.25) is 37.3 Å². The third kappa shape index (κ3) is 68.3. The van der Waals surface area contributed by atoms with E-state index in [-0.39, 0.29) is 25.7 Å². The fourth-order valence-corrected chi connectivity index (χ4v) is 11.2. The number of phosphoric acid groups is 2. The standard InChI is InChI=1S/C77H132O17P2/c1-5-9-13-17-21-25-29-32-35-38-42-45-49-53-57-61-74(79)87-67-72(93-76(81)63-59-55-51-47-41-28-24-20-16-12-8-4)69-91-95(83,84)89-65-71(78)66-90-96(85,86)92-70-73(94-77(82)64-60-56-52-48-44-40-37-34-31-27-23-19-15-11-7-3)68-88-75(80)62-58-54-50-46-43-39-36-33-30-26-22-18-14-10-6-2/h9-10,13-14,21-22,25-26,32-37,42-43,45-46,71-73,78H,5-8,11-12,15-20,23-24,27-31,38-41,44,47-70H2,1-4H3,(H,83,84)(H,85,86)/b13-9-,14-10-,25-21-,26-22-,35-32-,36-33-,37-34-,45-42-,46-43-. The van der Waals surface area contributed by atoms with E-state index in [9.17, 15) is 43.2 Å². The number of hydrogen-bond acceptors (Lipinski definition) is 15. The summed E-state index contributed by atoms with van der Waals surface area (Å²) < 4.78 is 68.3. The van der Waals surface area contributed by atoms with Crippen LogP contribution in [0.3, 0.4) is 0 Å². The lowest BCUT2D eigenvalue weighted by Gasteiger charge is -2.21. The van der Waals surface area contributed by atoms with Crippen LogP contribution in [0.2, 0.25) is 0 Å². The molecule has 0 amide bonds. The van der Waals surface area contributed by atoms with Crippen LogP contribution in [0.5, 0.6) is 0 Å². The van der Waals surface area contributed by atoms with Crippen molar-refractivity contribution in [2.24, 2.45) is 0 Å². The third-order valence-electron chi connectivity index (χ3n) is 15.2. The molecule has 552 valence electrons. The molecule has 0 rings (SSSR count). The second-order valence-corrected chi connectivity index (χ2v) is 27.4. The molecule has 0 aliphatic carbocycles. The molecular formula is C77H132O17P2. The minimum atomic E-state index is -4.98. The highest BCUT2D eigenvalue weighted by Gasteiger charge is 2.30. The molecule has 0 radical (unpaired) electrons. The molecule has 96 heavy (non-hydrogen) atoms. The first-order valence-electron chi connectivity index (χ1n) is 37.1. The van der Waals surface area contributed by atoms with Gasteiger partial charge in [-0.15, -0.1) is 0 Å². The molecule has 0 fully saturated rings. The normalized spacial score (nSPS) is 14.6. The van der Waals surface area contributed by atoms with Crippen molar-refractivity contribution in [2.75, 3.05) is 39.6 Å². The Labute approximate surface area is 581 Å². The van der Waals surface area contributed by atoms with Crippen LogP contribution in [0.25, 0.3) is 0 Å². The second-order valence-electron chi connectivity index (χ2n) is 24.5. The molecule has 0 heterocycles. The van der Waals surface area contributed by atoms with E-state index in [0.29, 0.717) is 25.7 Å². The Morgan fingerprint density at radius 2 is 0.542 bits per heavy atom. The number of carbonyl (C=O) groups is 4. The summed E-state index contributed by atoms with van der Waals surface area (Å²) in [5.41, 5.74) is 0. The maximum atomic E-state index is 13.1. The predicted octanol–water partition coefficient (Wildman–Crippen LogP) is 21.0. The molecule has 0 aromatic rings. The lowest BCUT2D eigenvalue weighted by molar-refractivity contribution is -0.161. The molecule has 0 aliphatic rings. The molecular weight excluding hydrogens is 1260 g/mol. The van der Waals surface area contributed by atoms with Crippen LogP contribution in [0.4, 0.5) is 0 Å². The van der Waals surface area contributed by atoms with Gasteiger partial charge in [-0.25, -0.2) is 9.13 Å². The van der Waals surface area contributed by atoms with Crippen molar-refractivity contribution in [3.8, 4) is 0 Å². The molecule has 17 nitrogen and oxygen atoms in total. The second kappa shape index (κ2) is 69.2. The Morgan fingerprint density at radius 3 is 0.865 bits per heavy atom. The first kappa shape index (κ1) is 91.7. The zero-order valence-electron chi connectivity index (χ0n) is 60.0. The van der Waals surface area contributed by atoms with Gasteiger partial charge in [-0.2, -0.15) is 0 Å². The maximum absolute atomic E-state index is 13.1. The molecule has 5 unspecified atom stereocenters. The van der Waals surface area contributed by atoms with E-state index in [1.54, 1.807) is 0 Å². The highest BCUT2D eigenvalue weighted by Crippen LogP contribution is 2.45. The van der Waals surface area contributed by atoms with Crippen molar-refractivity contribution in [1.29, 1.82) is 0 Å². The van der Waals surface area contributed by atoms with Crippen LogP contribution in [-0.4, -0.2) is 96.7 Å². The van der Waals surface area contributed by atoms with E-state index < -0.39 is 97.5 Å². The zero-order chi connectivity index (χ0) is 70.4. The summed E-state index contributed by atoms with van der Waals surface area (Å²) in [6.45, 7) is 4.53. The lowest BCUT2D eigenvalue weighted by atomic mass is 10.1. The van der Waals surface area contributed by atoms with Gasteiger partial charge in [0.15, 0.2) is 12.2 Å².